The van der Waals surface area contributed by atoms with Crippen LogP contribution in [0.2, 0.25) is 0 Å². The molecule has 0 radical (unpaired) electrons. The van der Waals surface area contributed by atoms with Gasteiger partial charge in [0.25, 0.3) is 0 Å². The number of H-pyrrole nitrogens is 1. The van der Waals surface area contributed by atoms with Crippen molar-refractivity contribution in [3.63, 3.8) is 0 Å². The fourth-order valence-electron chi connectivity index (χ4n) is 2.36. The first-order valence-corrected chi connectivity index (χ1v) is 6.95. The van der Waals surface area contributed by atoms with Gasteiger partial charge in [0, 0.05) is 22.8 Å². The van der Waals surface area contributed by atoms with Crippen molar-refractivity contribution in [1.29, 1.82) is 0 Å². The van der Waals surface area contributed by atoms with Gasteiger partial charge in [-0.25, -0.2) is 4.79 Å². The van der Waals surface area contributed by atoms with Crippen LogP contribution in [0.15, 0.2) is 53.3 Å². The van der Waals surface area contributed by atoms with Crippen LogP contribution in [-0.2, 0) is 4.74 Å². The molecule has 0 aliphatic heterocycles. The Labute approximate surface area is 131 Å². The summed E-state index contributed by atoms with van der Waals surface area (Å²) in [5, 5.41) is 3.59. The quantitative estimate of drug-likeness (QED) is 0.510. The van der Waals surface area contributed by atoms with E-state index in [1.165, 1.54) is 13.2 Å². The molecule has 0 amide bonds. The third-order valence-corrected chi connectivity index (χ3v) is 3.44. The van der Waals surface area contributed by atoms with E-state index in [2.05, 4.69) is 15.0 Å². The number of nitrogens with two attached hydrogens (primary N) is 1. The van der Waals surface area contributed by atoms with Crippen molar-refractivity contribution < 1.29 is 9.53 Å². The smallest absolute Gasteiger partial charge is 0.354 e. The molecule has 116 valence electrons. The molecule has 0 bridgehead atoms. The first-order chi connectivity index (χ1) is 11.1. The number of para-hydroxylation sites is 1. The van der Waals surface area contributed by atoms with E-state index in [9.17, 15) is 9.59 Å². The number of rotatable bonds is 3. The second-order valence-corrected chi connectivity index (χ2v) is 5.02. The molecular formula is C17H15N3O3. The van der Waals surface area contributed by atoms with E-state index in [0.717, 1.165) is 5.69 Å². The van der Waals surface area contributed by atoms with Crippen LogP contribution in [-0.4, -0.2) is 18.1 Å². The Balaban J connectivity index is 2.10. The van der Waals surface area contributed by atoms with Crippen LogP contribution in [0.1, 0.15) is 10.5 Å². The minimum Gasteiger partial charge on any atom is -0.464 e. The number of benzene rings is 2. The Bertz CT molecular complexity index is 933. The average molecular weight is 309 g/mol. The molecule has 0 spiro atoms. The van der Waals surface area contributed by atoms with Crippen LogP contribution < -0.4 is 16.5 Å². The van der Waals surface area contributed by atoms with E-state index in [4.69, 9.17) is 5.73 Å². The van der Waals surface area contributed by atoms with Crippen LogP contribution in [0.4, 0.5) is 17.1 Å². The summed E-state index contributed by atoms with van der Waals surface area (Å²) in [6, 6.07) is 14.1. The molecule has 0 saturated heterocycles. The molecule has 6 heteroatoms. The van der Waals surface area contributed by atoms with Crippen molar-refractivity contribution in [2.24, 2.45) is 0 Å². The molecule has 4 N–H and O–H groups in total. The maximum Gasteiger partial charge on any atom is 0.354 e. The van der Waals surface area contributed by atoms with E-state index in [-0.39, 0.29) is 11.1 Å². The normalized spacial score (nSPS) is 10.5. The van der Waals surface area contributed by atoms with E-state index in [0.29, 0.717) is 22.3 Å². The van der Waals surface area contributed by atoms with Crippen molar-refractivity contribution in [2.45, 2.75) is 0 Å². The molecule has 3 rings (SSSR count). The molecule has 2 aromatic carbocycles. The second-order valence-electron chi connectivity index (χ2n) is 5.02. The van der Waals surface area contributed by atoms with Gasteiger partial charge in [0.05, 0.1) is 18.3 Å². The Morgan fingerprint density at radius 3 is 2.57 bits per heavy atom. The summed E-state index contributed by atoms with van der Waals surface area (Å²) in [6.07, 6.45) is 0. The first kappa shape index (κ1) is 14.6. The number of hydrogen-bond donors (Lipinski definition) is 3. The minimum atomic E-state index is -0.616. The van der Waals surface area contributed by atoms with Gasteiger partial charge in [-0.15, -0.1) is 0 Å². The van der Waals surface area contributed by atoms with Crippen LogP contribution >= 0.6 is 0 Å². The zero-order valence-electron chi connectivity index (χ0n) is 12.4. The third-order valence-electron chi connectivity index (χ3n) is 3.44. The molecule has 0 aliphatic rings. The molecule has 0 fully saturated rings. The molecule has 1 heterocycles. The number of nitrogens with one attached hydrogen (secondary N) is 2. The molecule has 0 atom stereocenters. The number of fused-ring (bicyclic) bond motifs is 1. The number of methoxy groups -OCH3 is 1. The Hall–Kier alpha value is -3.28. The van der Waals surface area contributed by atoms with Crippen molar-refractivity contribution >= 4 is 33.9 Å². The summed E-state index contributed by atoms with van der Waals surface area (Å²) < 4.78 is 4.62. The number of pyridine rings is 1. The molecule has 6 nitrogen and oxygen atoms in total. The van der Waals surface area contributed by atoms with E-state index in [1.54, 1.807) is 12.1 Å². The number of ether oxygens (including phenoxy) is 1. The second kappa shape index (κ2) is 5.84. The summed E-state index contributed by atoms with van der Waals surface area (Å²) in [5.41, 5.74) is 8.15. The molecule has 1 aromatic heterocycles. The number of anilines is 3. The average Bonchev–Trinajstić information content (AvgIpc) is 2.56. The minimum absolute atomic E-state index is 0.0699. The largest absolute Gasteiger partial charge is 0.464 e. The number of hydrogen-bond acceptors (Lipinski definition) is 5. The summed E-state index contributed by atoms with van der Waals surface area (Å²) in [7, 11) is 1.25. The van der Waals surface area contributed by atoms with Gasteiger partial charge in [-0.3, -0.25) is 4.79 Å². The molecule has 23 heavy (non-hydrogen) atoms. The zero-order valence-corrected chi connectivity index (χ0v) is 12.4. The van der Waals surface area contributed by atoms with E-state index in [1.807, 2.05) is 30.3 Å². The summed E-state index contributed by atoms with van der Waals surface area (Å²) in [6.45, 7) is 0. The van der Waals surface area contributed by atoms with Crippen LogP contribution in [0.5, 0.6) is 0 Å². The van der Waals surface area contributed by atoms with E-state index < -0.39 is 5.97 Å². The summed E-state index contributed by atoms with van der Waals surface area (Å²) >= 11 is 0. The van der Waals surface area contributed by atoms with Gasteiger partial charge in [0.1, 0.15) is 5.69 Å². The molecule has 3 aromatic rings. The van der Waals surface area contributed by atoms with Gasteiger partial charge >= 0.3 is 5.97 Å². The van der Waals surface area contributed by atoms with Gasteiger partial charge in [-0.1, -0.05) is 18.2 Å². The number of aromatic amines is 1. The third kappa shape index (κ3) is 2.87. The fraction of sp³-hybridized carbons (Fsp3) is 0.0588. The zero-order chi connectivity index (χ0) is 16.4. The van der Waals surface area contributed by atoms with Crippen LogP contribution in [0, 0.1) is 0 Å². The number of carbonyl (C=O) groups is 1. The van der Waals surface area contributed by atoms with E-state index >= 15 is 0 Å². The number of esters is 1. The molecule has 0 saturated carbocycles. The van der Waals surface area contributed by atoms with Gasteiger partial charge < -0.3 is 20.8 Å². The topological polar surface area (TPSA) is 97.2 Å². The number of aromatic nitrogens is 1. The van der Waals surface area contributed by atoms with Crippen LogP contribution in [0.3, 0.4) is 0 Å². The van der Waals surface area contributed by atoms with Gasteiger partial charge in [0.15, 0.2) is 5.43 Å². The molecular weight excluding hydrogens is 294 g/mol. The van der Waals surface area contributed by atoms with Gasteiger partial charge in [0.2, 0.25) is 0 Å². The highest BCUT2D eigenvalue weighted by atomic mass is 16.5. The standard InChI is InChI=1S/C17H15N3O3/c1-23-17(22)14-9-15(21)12-7-11(8-13(18)16(12)20-14)19-10-5-3-2-4-6-10/h2-9,19H,18H2,1H3,(H,20,21). The van der Waals surface area contributed by atoms with Crippen LogP contribution in [0.25, 0.3) is 10.9 Å². The Kier molecular flexibility index (Phi) is 3.72. The highest BCUT2D eigenvalue weighted by Crippen LogP contribution is 2.25. The number of carbonyl (C=O) groups excluding carboxylic acids is 1. The summed E-state index contributed by atoms with van der Waals surface area (Å²) in [4.78, 5) is 26.7. The maximum atomic E-state index is 12.3. The lowest BCUT2D eigenvalue weighted by molar-refractivity contribution is 0.0594. The lowest BCUT2D eigenvalue weighted by atomic mass is 10.1. The molecule has 0 unspecified atom stereocenters. The Morgan fingerprint density at radius 1 is 1.13 bits per heavy atom. The highest BCUT2D eigenvalue weighted by molar-refractivity contribution is 5.97. The van der Waals surface area contributed by atoms with Crippen molar-refractivity contribution in [3.05, 3.63) is 64.4 Å². The number of nitrogen functional groups attached to an aromatic ring is 1. The predicted octanol–water partition coefficient (Wildman–Crippen LogP) is 2.64. The van der Waals surface area contributed by atoms with Gasteiger partial charge in [-0.05, 0) is 24.3 Å². The lowest BCUT2D eigenvalue weighted by Crippen LogP contribution is -2.12. The predicted molar refractivity (Wildman–Crippen MR) is 90.0 cm³/mol. The Morgan fingerprint density at radius 2 is 1.87 bits per heavy atom. The van der Waals surface area contributed by atoms with Crippen molar-refractivity contribution in [2.75, 3.05) is 18.2 Å². The molecule has 0 aliphatic carbocycles. The van der Waals surface area contributed by atoms with Crippen molar-refractivity contribution in [1.82, 2.24) is 4.98 Å². The fourth-order valence-corrected chi connectivity index (χ4v) is 2.36. The maximum absolute atomic E-state index is 12.3. The highest BCUT2D eigenvalue weighted by Gasteiger charge is 2.12. The van der Waals surface area contributed by atoms with Crippen molar-refractivity contribution in [3.8, 4) is 0 Å². The SMILES string of the molecule is COC(=O)c1cc(=O)c2cc(Nc3ccccc3)cc(N)c2[nH]1. The monoisotopic (exact) mass is 309 g/mol. The lowest BCUT2D eigenvalue weighted by Gasteiger charge is -2.10. The summed E-state index contributed by atoms with van der Waals surface area (Å²) in [5.74, 6) is -0.616. The van der Waals surface area contributed by atoms with Gasteiger partial charge in [-0.2, -0.15) is 0 Å². The first-order valence-electron chi connectivity index (χ1n) is 6.95.